The predicted molar refractivity (Wildman–Crippen MR) is 85.5 cm³/mol. The molecule has 1 aliphatic rings. The van der Waals surface area contributed by atoms with Gasteiger partial charge in [-0.1, -0.05) is 25.4 Å². The molecule has 0 aromatic carbocycles. The molecule has 1 aliphatic heterocycles. The van der Waals surface area contributed by atoms with Crippen LogP contribution in [0.4, 0.5) is 0 Å². The van der Waals surface area contributed by atoms with Gasteiger partial charge in [0.15, 0.2) is 0 Å². The minimum Gasteiger partial charge on any atom is -0.374 e. The van der Waals surface area contributed by atoms with Crippen LogP contribution >= 0.6 is 22.9 Å². The van der Waals surface area contributed by atoms with E-state index >= 15 is 0 Å². The second kappa shape index (κ2) is 7.39. The van der Waals surface area contributed by atoms with Crippen LogP contribution < -0.4 is 4.72 Å². The van der Waals surface area contributed by atoms with Crippen molar-refractivity contribution in [3.8, 4) is 0 Å². The van der Waals surface area contributed by atoms with Gasteiger partial charge >= 0.3 is 0 Å². The van der Waals surface area contributed by atoms with Gasteiger partial charge in [0.05, 0.1) is 17.0 Å². The second-order valence-electron chi connectivity index (χ2n) is 5.56. The lowest BCUT2D eigenvalue weighted by molar-refractivity contribution is -0.0280. The van der Waals surface area contributed by atoms with Gasteiger partial charge in [0.1, 0.15) is 4.21 Å². The molecule has 1 aromatic heterocycles. The summed E-state index contributed by atoms with van der Waals surface area (Å²) in [7, 11) is -3.49. The normalized spacial score (nSPS) is 21.0. The molecular formula is C13H21ClN2O3S2. The van der Waals surface area contributed by atoms with Crippen LogP contribution in [0.15, 0.2) is 16.3 Å². The minimum absolute atomic E-state index is 0.109. The summed E-state index contributed by atoms with van der Waals surface area (Å²) in [6.07, 6.45) is -0.109. The third-order valence-electron chi connectivity index (χ3n) is 3.16. The van der Waals surface area contributed by atoms with Crippen molar-refractivity contribution in [3.05, 3.63) is 16.5 Å². The monoisotopic (exact) mass is 352 g/mol. The molecule has 0 amide bonds. The molecule has 1 fully saturated rings. The highest BCUT2D eigenvalue weighted by molar-refractivity contribution is 7.91. The molecule has 0 bridgehead atoms. The lowest BCUT2D eigenvalue weighted by Gasteiger charge is -2.33. The van der Waals surface area contributed by atoms with Crippen molar-refractivity contribution in [2.45, 2.75) is 24.2 Å². The fourth-order valence-electron chi connectivity index (χ4n) is 2.30. The van der Waals surface area contributed by atoms with Crippen LogP contribution in [-0.2, 0) is 14.8 Å². The molecule has 0 aliphatic carbocycles. The zero-order valence-electron chi connectivity index (χ0n) is 12.2. The summed E-state index contributed by atoms with van der Waals surface area (Å²) in [6, 6.07) is 3.10. The first-order chi connectivity index (χ1) is 9.87. The number of rotatable bonds is 6. The van der Waals surface area contributed by atoms with Crippen molar-refractivity contribution >= 4 is 33.0 Å². The Morgan fingerprint density at radius 2 is 2.29 bits per heavy atom. The number of nitrogens with zero attached hydrogens (tertiary/aromatic N) is 1. The molecule has 1 unspecified atom stereocenters. The average molecular weight is 353 g/mol. The Kier molecular flexibility index (Phi) is 6.05. The number of sulfonamides is 1. The quantitative estimate of drug-likeness (QED) is 0.851. The van der Waals surface area contributed by atoms with E-state index in [9.17, 15) is 8.42 Å². The first-order valence-corrected chi connectivity index (χ1v) is 9.63. The Bertz CT molecular complexity index is 560. The van der Waals surface area contributed by atoms with Gasteiger partial charge in [-0.15, -0.1) is 11.3 Å². The van der Waals surface area contributed by atoms with E-state index in [0.717, 1.165) is 31.0 Å². The van der Waals surface area contributed by atoms with Crippen LogP contribution in [0.2, 0.25) is 4.34 Å². The maximum atomic E-state index is 12.1. The summed E-state index contributed by atoms with van der Waals surface area (Å²) in [6.45, 7) is 7.94. The van der Waals surface area contributed by atoms with E-state index in [4.69, 9.17) is 16.3 Å². The second-order valence-corrected chi connectivity index (χ2v) is 9.27. The Morgan fingerprint density at radius 3 is 2.90 bits per heavy atom. The van der Waals surface area contributed by atoms with Gasteiger partial charge in [-0.05, 0) is 18.1 Å². The summed E-state index contributed by atoms with van der Waals surface area (Å²) in [5.41, 5.74) is 0. The third-order valence-corrected chi connectivity index (χ3v) is 6.31. The molecule has 2 heterocycles. The van der Waals surface area contributed by atoms with Crippen LogP contribution in [0.1, 0.15) is 13.8 Å². The van der Waals surface area contributed by atoms with E-state index in [1.807, 2.05) is 0 Å². The predicted octanol–water partition coefficient (Wildman–Crippen LogP) is 2.04. The summed E-state index contributed by atoms with van der Waals surface area (Å²) in [4.78, 5) is 2.31. The van der Waals surface area contributed by atoms with E-state index in [2.05, 4.69) is 23.5 Å². The maximum absolute atomic E-state index is 12.1. The van der Waals surface area contributed by atoms with Crippen LogP contribution in [0.25, 0.3) is 0 Å². The number of nitrogens with one attached hydrogen (secondary N) is 1. The SMILES string of the molecule is CC(C)CN1CCOC(CNS(=O)(=O)c2ccc(Cl)s2)C1. The van der Waals surface area contributed by atoms with Crippen molar-refractivity contribution in [2.24, 2.45) is 5.92 Å². The summed E-state index contributed by atoms with van der Waals surface area (Å²) < 4.78 is 33.2. The standard InChI is InChI=1S/C13H21ClN2O3S2/c1-10(2)8-16-5-6-19-11(9-16)7-15-21(17,18)13-4-3-12(14)20-13/h3-4,10-11,15H,5-9H2,1-2H3. The molecule has 0 spiro atoms. The van der Waals surface area contributed by atoms with Crippen LogP contribution in [0, 0.1) is 5.92 Å². The molecule has 1 atom stereocenters. The molecule has 21 heavy (non-hydrogen) atoms. The first kappa shape index (κ1) is 17.2. The third kappa shape index (κ3) is 5.19. The van der Waals surface area contributed by atoms with E-state index in [0.29, 0.717) is 16.9 Å². The summed E-state index contributed by atoms with van der Waals surface area (Å²) in [5, 5.41) is 0. The van der Waals surface area contributed by atoms with Gasteiger partial charge in [-0.3, -0.25) is 4.90 Å². The van der Waals surface area contributed by atoms with E-state index < -0.39 is 10.0 Å². The molecule has 1 aromatic rings. The fraction of sp³-hybridized carbons (Fsp3) is 0.692. The van der Waals surface area contributed by atoms with Crippen molar-refractivity contribution < 1.29 is 13.2 Å². The number of ether oxygens (including phenoxy) is 1. The fourth-order valence-corrected chi connectivity index (χ4v) is 4.90. The van der Waals surface area contributed by atoms with Gasteiger partial charge < -0.3 is 4.74 Å². The largest absolute Gasteiger partial charge is 0.374 e. The lowest BCUT2D eigenvalue weighted by Crippen LogP contribution is -2.48. The topological polar surface area (TPSA) is 58.6 Å². The highest BCUT2D eigenvalue weighted by atomic mass is 35.5. The molecule has 5 nitrogen and oxygen atoms in total. The van der Waals surface area contributed by atoms with Gasteiger partial charge in [-0.25, -0.2) is 13.1 Å². The van der Waals surface area contributed by atoms with Crippen molar-refractivity contribution in [2.75, 3.05) is 32.8 Å². The van der Waals surface area contributed by atoms with E-state index in [1.165, 1.54) is 6.07 Å². The number of hydrogen-bond acceptors (Lipinski definition) is 5. The highest BCUT2D eigenvalue weighted by Crippen LogP contribution is 2.25. The number of morpholine rings is 1. The van der Waals surface area contributed by atoms with Crippen molar-refractivity contribution in [1.82, 2.24) is 9.62 Å². The minimum atomic E-state index is -3.49. The smallest absolute Gasteiger partial charge is 0.250 e. The number of halogens is 1. The maximum Gasteiger partial charge on any atom is 0.250 e. The first-order valence-electron chi connectivity index (χ1n) is 6.96. The van der Waals surface area contributed by atoms with Crippen LogP contribution in [-0.4, -0.2) is 52.2 Å². The zero-order valence-corrected chi connectivity index (χ0v) is 14.6. The Labute approximate surface area is 135 Å². The summed E-state index contributed by atoms with van der Waals surface area (Å²) >= 11 is 6.83. The Morgan fingerprint density at radius 1 is 1.52 bits per heavy atom. The van der Waals surface area contributed by atoms with Gasteiger partial charge in [0.25, 0.3) is 0 Å². The van der Waals surface area contributed by atoms with Gasteiger partial charge in [-0.2, -0.15) is 0 Å². The highest BCUT2D eigenvalue weighted by Gasteiger charge is 2.24. The summed E-state index contributed by atoms with van der Waals surface area (Å²) in [5.74, 6) is 0.591. The van der Waals surface area contributed by atoms with E-state index in [-0.39, 0.29) is 16.9 Å². The molecule has 8 heteroatoms. The number of thiophene rings is 1. The van der Waals surface area contributed by atoms with Crippen LogP contribution in [0.5, 0.6) is 0 Å². The average Bonchev–Trinajstić information content (AvgIpc) is 2.84. The van der Waals surface area contributed by atoms with E-state index in [1.54, 1.807) is 6.07 Å². The number of hydrogen-bond donors (Lipinski definition) is 1. The molecule has 0 saturated carbocycles. The lowest BCUT2D eigenvalue weighted by atomic mass is 10.2. The van der Waals surface area contributed by atoms with Crippen molar-refractivity contribution in [1.29, 1.82) is 0 Å². The van der Waals surface area contributed by atoms with Crippen molar-refractivity contribution in [3.63, 3.8) is 0 Å². The molecule has 0 radical (unpaired) electrons. The molecular weight excluding hydrogens is 332 g/mol. The van der Waals surface area contributed by atoms with Gasteiger partial charge in [0.2, 0.25) is 10.0 Å². The molecule has 2 rings (SSSR count). The molecule has 120 valence electrons. The molecule has 1 saturated heterocycles. The molecule has 1 N–H and O–H groups in total. The van der Waals surface area contributed by atoms with Gasteiger partial charge in [0, 0.05) is 26.2 Å². The van der Waals surface area contributed by atoms with Crippen LogP contribution in [0.3, 0.4) is 0 Å². The zero-order chi connectivity index (χ0) is 15.5. The Balaban J connectivity index is 1.87. The Hall–Kier alpha value is -0.180.